The lowest BCUT2D eigenvalue weighted by Gasteiger charge is -2.32. The third-order valence-corrected chi connectivity index (χ3v) is 5.95. The molecule has 0 bridgehead atoms. The number of nitrogens with zero attached hydrogens (tertiary/aromatic N) is 2. The Hall–Kier alpha value is -2.68. The third-order valence-electron chi connectivity index (χ3n) is 4.75. The van der Waals surface area contributed by atoms with E-state index in [0.29, 0.717) is 13.1 Å². The van der Waals surface area contributed by atoms with E-state index in [1.54, 1.807) is 16.2 Å². The summed E-state index contributed by atoms with van der Waals surface area (Å²) in [5.74, 6) is -1.13. The zero-order valence-corrected chi connectivity index (χ0v) is 16.7. The molecule has 9 heteroatoms. The van der Waals surface area contributed by atoms with Gasteiger partial charge in [0.25, 0.3) is 0 Å². The van der Waals surface area contributed by atoms with Gasteiger partial charge in [0, 0.05) is 19.0 Å². The van der Waals surface area contributed by atoms with Crippen LogP contribution in [0, 0.1) is 0 Å². The first kappa shape index (κ1) is 20.1. The number of thiazole rings is 1. The molecule has 0 aliphatic carbocycles. The molecular weight excluding hydrogens is 382 g/mol. The van der Waals surface area contributed by atoms with Gasteiger partial charge >= 0.3 is 18.0 Å². The lowest BCUT2D eigenvalue weighted by atomic mass is 9.99. The van der Waals surface area contributed by atoms with Crippen molar-refractivity contribution >= 4 is 39.5 Å². The van der Waals surface area contributed by atoms with E-state index < -0.39 is 24.0 Å². The van der Waals surface area contributed by atoms with E-state index in [1.165, 1.54) is 14.2 Å². The number of urea groups is 1. The highest BCUT2D eigenvalue weighted by atomic mass is 32.1. The number of fused-ring (bicyclic) bond motifs is 1. The summed E-state index contributed by atoms with van der Waals surface area (Å²) in [6.45, 7) is 1.09. The number of piperidine rings is 1. The SMILES string of the molecule is COC(=O)C[C@@H](NC(=O)N1CCCC(c2nc3ccccc3s2)C1)C(=O)OC. The summed E-state index contributed by atoms with van der Waals surface area (Å²) < 4.78 is 10.4. The molecule has 1 aromatic carbocycles. The molecular formula is C19H23N3O5S. The molecule has 1 N–H and O–H groups in total. The van der Waals surface area contributed by atoms with E-state index in [2.05, 4.69) is 14.8 Å². The smallest absolute Gasteiger partial charge is 0.329 e. The zero-order chi connectivity index (χ0) is 20.1. The van der Waals surface area contributed by atoms with E-state index in [1.807, 2.05) is 24.3 Å². The number of ether oxygens (including phenoxy) is 2. The van der Waals surface area contributed by atoms with E-state index >= 15 is 0 Å². The summed E-state index contributed by atoms with van der Waals surface area (Å²) >= 11 is 1.65. The van der Waals surface area contributed by atoms with Crippen molar-refractivity contribution in [3.05, 3.63) is 29.3 Å². The number of amides is 2. The molecule has 2 atom stereocenters. The van der Waals surface area contributed by atoms with Crippen LogP contribution in [0.25, 0.3) is 10.2 Å². The van der Waals surface area contributed by atoms with Crippen LogP contribution < -0.4 is 5.32 Å². The fourth-order valence-corrected chi connectivity index (χ4v) is 4.35. The topological polar surface area (TPSA) is 97.8 Å². The van der Waals surface area contributed by atoms with Gasteiger partial charge in [-0.1, -0.05) is 12.1 Å². The maximum Gasteiger partial charge on any atom is 0.329 e. The number of para-hydroxylation sites is 1. The number of nitrogens with one attached hydrogen (secondary N) is 1. The molecule has 2 amide bonds. The van der Waals surface area contributed by atoms with Crippen LogP contribution in [-0.2, 0) is 19.1 Å². The molecule has 28 heavy (non-hydrogen) atoms. The average molecular weight is 405 g/mol. The number of rotatable bonds is 5. The van der Waals surface area contributed by atoms with Crippen LogP contribution in [-0.4, -0.2) is 61.2 Å². The number of likely N-dealkylation sites (tertiary alicyclic amines) is 1. The highest BCUT2D eigenvalue weighted by Crippen LogP contribution is 2.32. The first-order chi connectivity index (χ1) is 13.5. The van der Waals surface area contributed by atoms with Crippen LogP contribution in [0.2, 0.25) is 0 Å². The van der Waals surface area contributed by atoms with Crippen molar-refractivity contribution in [3.63, 3.8) is 0 Å². The molecule has 1 aliphatic rings. The molecule has 1 unspecified atom stereocenters. The van der Waals surface area contributed by atoms with Crippen LogP contribution in [0.3, 0.4) is 0 Å². The summed E-state index contributed by atoms with van der Waals surface area (Å²) in [4.78, 5) is 42.5. The van der Waals surface area contributed by atoms with Gasteiger partial charge in [0.1, 0.15) is 6.04 Å². The molecule has 0 spiro atoms. The van der Waals surface area contributed by atoms with Crippen molar-refractivity contribution in [1.29, 1.82) is 0 Å². The van der Waals surface area contributed by atoms with Gasteiger partial charge in [0.05, 0.1) is 35.9 Å². The van der Waals surface area contributed by atoms with E-state index in [0.717, 1.165) is 28.1 Å². The number of methoxy groups -OCH3 is 2. The lowest BCUT2D eigenvalue weighted by molar-refractivity contribution is -0.149. The summed E-state index contributed by atoms with van der Waals surface area (Å²) in [5.41, 5.74) is 0.966. The Labute approximate surface area is 166 Å². The first-order valence-electron chi connectivity index (χ1n) is 9.07. The number of hydrogen-bond acceptors (Lipinski definition) is 7. The highest BCUT2D eigenvalue weighted by Gasteiger charge is 2.31. The normalized spacial score (nSPS) is 17.8. The van der Waals surface area contributed by atoms with Crippen molar-refractivity contribution < 1.29 is 23.9 Å². The highest BCUT2D eigenvalue weighted by molar-refractivity contribution is 7.18. The van der Waals surface area contributed by atoms with Crippen molar-refractivity contribution in [3.8, 4) is 0 Å². The minimum atomic E-state index is -1.08. The molecule has 2 aromatic rings. The molecule has 0 radical (unpaired) electrons. The number of benzene rings is 1. The van der Waals surface area contributed by atoms with Crippen LogP contribution in [0.5, 0.6) is 0 Å². The molecule has 1 saturated heterocycles. The van der Waals surface area contributed by atoms with Crippen molar-refractivity contribution in [2.75, 3.05) is 27.3 Å². The maximum atomic E-state index is 12.7. The molecule has 0 saturated carbocycles. The Morgan fingerprint density at radius 2 is 2.07 bits per heavy atom. The van der Waals surface area contributed by atoms with Gasteiger partial charge in [-0.25, -0.2) is 14.6 Å². The Balaban J connectivity index is 1.67. The van der Waals surface area contributed by atoms with Gasteiger partial charge in [0.2, 0.25) is 0 Å². The second-order valence-corrected chi connectivity index (χ2v) is 7.67. The summed E-state index contributed by atoms with van der Waals surface area (Å²) in [7, 11) is 2.44. The summed E-state index contributed by atoms with van der Waals surface area (Å²) in [6, 6.07) is 6.49. The Kier molecular flexibility index (Phi) is 6.45. The fraction of sp³-hybridized carbons (Fsp3) is 0.474. The Morgan fingerprint density at radius 1 is 1.29 bits per heavy atom. The van der Waals surface area contributed by atoms with Crippen molar-refractivity contribution in [2.24, 2.45) is 0 Å². The molecule has 1 aliphatic heterocycles. The third kappa shape index (κ3) is 4.59. The Morgan fingerprint density at radius 3 is 2.79 bits per heavy atom. The van der Waals surface area contributed by atoms with Crippen LogP contribution in [0.4, 0.5) is 4.79 Å². The molecule has 3 rings (SSSR count). The summed E-state index contributed by atoms with van der Waals surface area (Å²) in [5, 5.41) is 3.61. The van der Waals surface area contributed by atoms with Crippen molar-refractivity contribution in [2.45, 2.75) is 31.2 Å². The minimum absolute atomic E-state index is 0.147. The summed E-state index contributed by atoms with van der Waals surface area (Å²) in [6.07, 6.45) is 1.52. The van der Waals surface area contributed by atoms with Gasteiger partial charge in [-0.3, -0.25) is 4.79 Å². The van der Waals surface area contributed by atoms with Gasteiger partial charge in [0.15, 0.2) is 0 Å². The lowest BCUT2D eigenvalue weighted by Crippen LogP contribution is -2.51. The Bertz CT molecular complexity index is 835. The number of esters is 2. The largest absolute Gasteiger partial charge is 0.469 e. The van der Waals surface area contributed by atoms with E-state index in [9.17, 15) is 14.4 Å². The average Bonchev–Trinajstić information content (AvgIpc) is 3.17. The van der Waals surface area contributed by atoms with E-state index in [-0.39, 0.29) is 12.3 Å². The number of carbonyl (C=O) groups excluding carboxylic acids is 3. The van der Waals surface area contributed by atoms with Gasteiger partial charge in [-0.05, 0) is 25.0 Å². The molecule has 8 nitrogen and oxygen atoms in total. The van der Waals surface area contributed by atoms with Crippen LogP contribution in [0.15, 0.2) is 24.3 Å². The quantitative estimate of drug-likeness (QED) is 0.767. The van der Waals surface area contributed by atoms with Crippen molar-refractivity contribution in [1.82, 2.24) is 15.2 Å². The van der Waals surface area contributed by atoms with E-state index in [4.69, 9.17) is 4.98 Å². The monoisotopic (exact) mass is 405 g/mol. The number of aromatic nitrogens is 1. The number of hydrogen-bond donors (Lipinski definition) is 1. The number of carbonyl (C=O) groups is 3. The van der Waals surface area contributed by atoms with Crippen LogP contribution in [0.1, 0.15) is 30.2 Å². The molecule has 2 heterocycles. The zero-order valence-electron chi connectivity index (χ0n) is 15.8. The van der Waals surface area contributed by atoms with Crippen LogP contribution >= 0.6 is 11.3 Å². The van der Waals surface area contributed by atoms with Gasteiger partial charge < -0.3 is 19.7 Å². The predicted octanol–water partition coefficient (Wildman–Crippen LogP) is 2.29. The molecule has 1 fully saturated rings. The standard InChI is InChI=1S/C19H23N3O5S/c1-26-16(23)10-14(18(24)27-2)21-19(25)22-9-5-6-12(11-22)17-20-13-7-3-4-8-15(13)28-17/h3-4,7-8,12,14H,5-6,9-11H2,1-2H3,(H,21,25)/t12?,14-/m1/s1. The maximum absolute atomic E-state index is 12.7. The fourth-order valence-electron chi connectivity index (χ4n) is 3.25. The molecule has 1 aromatic heterocycles. The molecule has 150 valence electrons. The van der Waals surface area contributed by atoms with Gasteiger partial charge in [-0.2, -0.15) is 0 Å². The second kappa shape index (κ2) is 9.01. The first-order valence-corrected chi connectivity index (χ1v) is 9.89. The predicted molar refractivity (Wildman–Crippen MR) is 104 cm³/mol. The van der Waals surface area contributed by atoms with Gasteiger partial charge in [-0.15, -0.1) is 11.3 Å². The minimum Gasteiger partial charge on any atom is -0.469 e. The second-order valence-electron chi connectivity index (χ2n) is 6.61.